The van der Waals surface area contributed by atoms with Gasteiger partial charge in [-0.25, -0.2) is 4.79 Å². The van der Waals surface area contributed by atoms with Gasteiger partial charge in [0.1, 0.15) is 5.75 Å². The van der Waals surface area contributed by atoms with Crippen molar-refractivity contribution in [3.63, 3.8) is 0 Å². The summed E-state index contributed by atoms with van der Waals surface area (Å²) in [4.78, 5) is 43.7. The molecule has 0 unspecified atom stereocenters. The van der Waals surface area contributed by atoms with E-state index in [1.807, 2.05) is 6.07 Å². The second-order valence-electron chi connectivity index (χ2n) is 8.87. The molecule has 6 rings (SSSR count). The van der Waals surface area contributed by atoms with Crippen LogP contribution in [0.15, 0.2) is 84.4 Å². The van der Waals surface area contributed by atoms with Crippen LogP contribution >= 0.6 is 11.6 Å². The molecule has 2 heterocycles. The van der Waals surface area contributed by atoms with Gasteiger partial charge in [0.05, 0.1) is 24.2 Å². The van der Waals surface area contributed by atoms with E-state index in [-0.39, 0.29) is 11.4 Å². The zero-order valence-corrected chi connectivity index (χ0v) is 19.7. The number of Topliss-reactive ketones (excluding diaryl/α,β-unsaturated/α-hetero) is 1. The van der Waals surface area contributed by atoms with E-state index in [9.17, 15) is 14.4 Å². The first kappa shape index (κ1) is 21.6. The first-order chi connectivity index (χ1) is 16.9. The number of amides is 1. The van der Waals surface area contributed by atoms with Crippen LogP contribution in [0.2, 0.25) is 5.02 Å². The molecule has 0 saturated heterocycles. The van der Waals surface area contributed by atoms with Crippen LogP contribution in [0.25, 0.3) is 0 Å². The number of likely N-dealkylation sites (N-methyl/N-ethyl adjacent to an activating group) is 1. The number of ketones is 1. The summed E-state index contributed by atoms with van der Waals surface area (Å²) in [7, 11) is 2.89. The Morgan fingerprint density at radius 3 is 2.43 bits per heavy atom. The minimum Gasteiger partial charge on any atom is -0.475 e. The SMILES string of the molecule is COC(=O)C1=C[C@@H](c2ccccc2Cl)[C@@]2(Oc3ccccc3C2=O)[C@@]12C(=O)N(C)c1ccccc12. The Morgan fingerprint density at radius 2 is 1.69 bits per heavy atom. The Kier molecular flexibility index (Phi) is 4.51. The molecule has 174 valence electrons. The number of rotatable bonds is 2. The Balaban J connectivity index is 1.76. The molecule has 1 amide bonds. The van der Waals surface area contributed by atoms with E-state index in [0.29, 0.717) is 33.1 Å². The molecule has 2 spiro atoms. The number of hydrogen-bond acceptors (Lipinski definition) is 5. The van der Waals surface area contributed by atoms with Gasteiger partial charge in [-0.05, 0) is 29.8 Å². The second-order valence-corrected chi connectivity index (χ2v) is 9.27. The zero-order valence-electron chi connectivity index (χ0n) is 18.9. The lowest BCUT2D eigenvalue weighted by Crippen LogP contribution is -2.64. The van der Waals surface area contributed by atoms with Gasteiger partial charge < -0.3 is 14.4 Å². The van der Waals surface area contributed by atoms with Crippen molar-refractivity contribution in [1.82, 2.24) is 0 Å². The molecule has 3 aromatic rings. The van der Waals surface area contributed by atoms with Crippen LogP contribution in [-0.4, -0.2) is 37.4 Å². The molecule has 0 aromatic heterocycles. The number of carbonyl (C=O) groups excluding carboxylic acids is 3. The fourth-order valence-corrected chi connectivity index (χ4v) is 6.26. The van der Waals surface area contributed by atoms with E-state index < -0.39 is 28.8 Å². The lowest BCUT2D eigenvalue weighted by atomic mass is 9.61. The van der Waals surface area contributed by atoms with E-state index in [1.54, 1.807) is 79.9 Å². The number of hydrogen-bond donors (Lipinski definition) is 0. The van der Waals surface area contributed by atoms with Gasteiger partial charge in [0.2, 0.25) is 17.3 Å². The minimum absolute atomic E-state index is 0.0628. The van der Waals surface area contributed by atoms with Gasteiger partial charge in [-0.1, -0.05) is 66.2 Å². The fraction of sp³-hybridized carbons (Fsp3) is 0.179. The van der Waals surface area contributed by atoms with Crippen molar-refractivity contribution >= 4 is 34.9 Å². The molecule has 0 N–H and O–H groups in total. The first-order valence-electron chi connectivity index (χ1n) is 11.1. The van der Waals surface area contributed by atoms with Crippen LogP contribution in [0.5, 0.6) is 5.75 Å². The quantitative estimate of drug-likeness (QED) is 0.501. The van der Waals surface area contributed by atoms with Gasteiger partial charge >= 0.3 is 5.97 Å². The monoisotopic (exact) mass is 485 g/mol. The van der Waals surface area contributed by atoms with Crippen LogP contribution in [0.3, 0.4) is 0 Å². The van der Waals surface area contributed by atoms with Crippen molar-refractivity contribution in [3.8, 4) is 5.75 Å². The molecule has 1 aliphatic carbocycles. The molecule has 0 fully saturated rings. The molecule has 0 radical (unpaired) electrons. The van der Waals surface area contributed by atoms with Gasteiger partial charge in [-0.2, -0.15) is 0 Å². The van der Waals surface area contributed by atoms with E-state index >= 15 is 0 Å². The van der Waals surface area contributed by atoms with E-state index in [1.165, 1.54) is 12.0 Å². The van der Waals surface area contributed by atoms with Gasteiger partial charge in [0.15, 0.2) is 5.41 Å². The summed E-state index contributed by atoms with van der Waals surface area (Å²) in [6, 6.07) is 21.1. The Bertz CT molecular complexity index is 1480. The molecule has 0 saturated carbocycles. The van der Waals surface area contributed by atoms with Gasteiger partial charge in [0, 0.05) is 23.3 Å². The highest BCUT2D eigenvalue weighted by atomic mass is 35.5. The summed E-state index contributed by atoms with van der Waals surface area (Å²) in [5.74, 6) is -2.01. The van der Waals surface area contributed by atoms with Crippen LogP contribution in [0, 0.1) is 0 Å². The third-order valence-electron chi connectivity index (χ3n) is 7.41. The average molecular weight is 486 g/mol. The first-order valence-corrected chi connectivity index (χ1v) is 11.5. The number of halogens is 1. The highest BCUT2D eigenvalue weighted by molar-refractivity contribution is 6.32. The molecular weight excluding hydrogens is 466 g/mol. The van der Waals surface area contributed by atoms with Crippen molar-refractivity contribution in [2.45, 2.75) is 16.9 Å². The number of nitrogens with zero attached hydrogens (tertiary/aromatic N) is 1. The Morgan fingerprint density at radius 1 is 1.00 bits per heavy atom. The second kappa shape index (κ2) is 7.30. The number of para-hydroxylation sites is 2. The Hall–Kier alpha value is -3.90. The van der Waals surface area contributed by atoms with E-state index in [4.69, 9.17) is 21.1 Å². The maximum absolute atomic E-state index is 14.5. The lowest BCUT2D eigenvalue weighted by molar-refractivity contribution is -0.140. The molecule has 0 bridgehead atoms. The number of fused-ring (bicyclic) bond motifs is 4. The molecule has 3 aromatic carbocycles. The summed E-state index contributed by atoms with van der Waals surface area (Å²) < 4.78 is 11.8. The number of methoxy groups -OCH3 is 1. The Labute approximate surface area is 206 Å². The highest BCUT2D eigenvalue weighted by Gasteiger charge is 2.78. The highest BCUT2D eigenvalue weighted by Crippen LogP contribution is 2.65. The van der Waals surface area contributed by atoms with Crippen LogP contribution < -0.4 is 9.64 Å². The van der Waals surface area contributed by atoms with E-state index in [0.717, 1.165) is 0 Å². The van der Waals surface area contributed by atoms with Crippen molar-refractivity contribution in [3.05, 3.63) is 106 Å². The smallest absolute Gasteiger partial charge is 0.335 e. The number of anilines is 1. The van der Waals surface area contributed by atoms with Gasteiger partial charge in [0.25, 0.3) is 0 Å². The predicted octanol–water partition coefficient (Wildman–Crippen LogP) is 4.47. The van der Waals surface area contributed by atoms with Crippen LogP contribution in [0.1, 0.15) is 27.4 Å². The molecule has 2 aliphatic heterocycles. The number of ether oxygens (including phenoxy) is 2. The maximum Gasteiger partial charge on any atom is 0.335 e. The summed E-state index contributed by atoms with van der Waals surface area (Å²) >= 11 is 6.64. The molecule has 7 heteroatoms. The predicted molar refractivity (Wildman–Crippen MR) is 130 cm³/mol. The number of carbonyl (C=O) groups is 3. The van der Waals surface area contributed by atoms with Gasteiger partial charge in [-0.3, -0.25) is 9.59 Å². The van der Waals surface area contributed by atoms with Crippen molar-refractivity contribution in [2.75, 3.05) is 19.1 Å². The van der Waals surface area contributed by atoms with E-state index in [2.05, 4.69) is 0 Å². The van der Waals surface area contributed by atoms with Crippen LogP contribution in [-0.2, 0) is 19.7 Å². The third kappa shape index (κ3) is 2.42. The number of benzene rings is 3. The van der Waals surface area contributed by atoms with Crippen molar-refractivity contribution in [1.29, 1.82) is 0 Å². The zero-order chi connectivity index (χ0) is 24.5. The number of esters is 1. The molecule has 3 atom stereocenters. The standard InChI is InChI=1S/C28H20ClNO5/c1-30-22-13-7-5-11-18(22)27(26(30)33)20(25(32)34-2)15-19(16-9-3-6-12-21(16)29)28(27)24(31)17-10-4-8-14-23(17)35-28/h3-15,19H,1-2H3/t19-,27+,28-/m0/s1. The summed E-state index contributed by atoms with van der Waals surface area (Å²) in [5, 5.41) is 0.397. The topological polar surface area (TPSA) is 72.9 Å². The van der Waals surface area contributed by atoms with Crippen LogP contribution in [0.4, 0.5) is 5.69 Å². The third-order valence-corrected chi connectivity index (χ3v) is 7.76. The summed E-state index contributed by atoms with van der Waals surface area (Å²) in [6.07, 6.45) is 1.63. The average Bonchev–Trinajstić information content (AvgIpc) is 3.43. The molecular formula is C28H20ClNO5. The normalized spacial score (nSPS) is 26.1. The fourth-order valence-electron chi connectivity index (χ4n) is 6.00. The molecule has 6 nitrogen and oxygen atoms in total. The lowest BCUT2D eigenvalue weighted by Gasteiger charge is -2.42. The largest absolute Gasteiger partial charge is 0.475 e. The molecule has 35 heavy (non-hydrogen) atoms. The summed E-state index contributed by atoms with van der Waals surface area (Å²) in [6.45, 7) is 0. The van der Waals surface area contributed by atoms with Crippen molar-refractivity contribution < 1.29 is 23.9 Å². The van der Waals surface area contributed by atoms with Gasteiger partial charge in [-0.15, -0.1) is 0 Å². The maximum atomic E-state index is 14.5. The minimum atomic E-state index is -1.82. The summed E-state index contributed by atoms with van der Waals surface area (Å²) in [5.41, 5.74) is -1.49. The van der Waals surface area contributed by atoms with Crippen molar-refractivity contribution in [2.24, 2.45) is 0 Å². The molecule has 3 aliphatic rings.